The summed E-state index contributed by atoms with van der Waals surface area (Å²) in [7, 11) is 1.84. The third kappa shape index (κ3) is 0.781. The molecule has 0 aliphatic carbocycles. The first-order chi connectivity index (χ1) is 4.66. The Labute approximate surface area is 60.1 Å². The Hall–Kier alpha value is -1.30. The van der Waals surface area contributed by atoms with Crippen molar-refractivity contribution in [2.24, 2.45) is 7.05 Å². The Balaban J connectivity index is 3.37. The van der Waals surface area contributed by atoms with Crippen LogP contribution in [0.25, 0.3) is 4.85 Å². The van der Waals surface area contributed by atoms with E-state index < -0.39 is 0 Å². The second-order valence-corrected chi connectivity index (χ2v) is 2.25. The highest BCUT2D eigenvalue weighted by Gasteiger charge is 2.06. The molecule has 0 aromatic carbocycles. The van der Waals surface area contributed by atoms with Crippen LogP contribution in [0.4, 0.5) is 5.69 Å². The van der Waals surface area contributed by atoms with Gasteiger partial charge in [-0.2, -0.15) is 5.10 Å². The highest BCUT2D eigenvalue weighted by atomic mass is 15.3. The molecule has 0 fully saturated rings. The van der Waals surface area contributed by atoms with Crippen LogP contribution in [0.5, 0.6) is 0 Å². The highest BCUT2D eigenvalue weighted by molar-refractivity contribution is 5.52. The summed E-state index contributed by atoms with van der Waals surface area (Å²) in [6.07, 6.45) is 0. The third-order valence-electron chi connectivity index (χ3n) is 1.58. The smallest absolute Gasteiger partial charge is 0.229 e. The van der Waals surface area contributed by atoms with Crippen molar-refractivity contribution in [3.63, 3.8) is 0 Å². The molecule has 3 heteroatoms. The highest BCUT2D eigenvalue weighted by Crippen LogP contribution is 2.21. The van der Waals surface area contributed by atoms with Crippen molar-refractivity contribution >= 4 is 5.69 Å². The number of aryl methyl sites for hydroxylation is 2. The van der Waals surface area contributed by atoms with Crippen LogP contribution in [0.1, 0.15) is 11.4 Å². The third-order valence-corrected chi connectivity index (χ3v) is 1.58. The molecule has 52 valence electrons. The van der Waals surface area contributed by atoms with Gasteiger partial charge in [-0.15, -0.1) is 0 Å². The van der Waals surface area contributed by atoms with Crippen molar-refractivity contribution in [2.45, 2.75) is 13.8 Å². The first kappa shape index (κ1) is 6.81. The fraction of sp³-hybridized carbons (Fsp3) is 0.429. The molecule has 0 atom stereocenters. The minimum atomic E-state index is 0.683. The zero-order valence-electron chi connectivity index (χ0n) is 6.34. The summed E-state index contributed by atoms with van der Waals surface area (Å²) in [5.41, 5.74) is 2.44. The molecule has 10 heavy (non-hydrogen) atoms. The normalized spacial score (nSPS) is 9.40. The van der Waals surface area contributed by atoms with Crippen molar-refractivity contribution in [2.75, 3.05) is 0 Å². The molecule has 0 aliphatic rings. The van der Waals surface area contributed by atoms with Gasteiger partial charge in [-0.1, -0.05) is 0 Å². The molecule has 0 unspecified atom stereocenters. The van der Waals surface area contributed by atoms with Crippen molar-refractivity contribution < 1.29 is 0 Å². The van der Waals surface area contributed by atoms with Crippen LogP contribution in [-0.2, 0) is 7.05 Å². The van der Waals surface area contributed by atoms with Crippen LogP contribution in [0, 0.1) is 20.4 Å². The lowest BCUT2D eigenvalue weighted by Crippen LogP contribution is -1.91. The summed E-state index contributed by atoms with van der Waals surface area (Å²) in [5, 5.41) is 4.08. The lowest BCUT2D eigenvalue weighted by molar-refractivity contribution is 0.731. The topological polar surface area (TPSA) is 22.2 Å². The summed E-state index contributed by atoms with van der Waals surface area (Å²) in [6.45, 7) is 10.6. The number of aromatic nitrogens is 2. The van der Waals surface area contributed by atoms with Gasteiger partial charge < -0.3 is 0 Å². The van der Waals surface area contributed by atoms with E-state index in [4.69, 9.17) is 6.57 Å². The number of hydrogen-bond acceptors (Lipinski definition) is 1. The van der Waals surface area contributed by atoms with E-state index in [1.807, 2.05) is 20.9 Å². The molecule has 0 saturated carbocycles. The second kappa shape index (κ2) is 2.14. The van der Waals surface area contributed by atoms with Crippen molar-refractivity contribution in [1.82, 2.24) is 9.78 Å². The Kier molecular flexibility index (Phi) is 1.46. The van der Waals surface area contributed by atoms with Gasteiger partial charge in [0.1, 0.15) is 0 Å². The lowest BCUT2D eigenvalue weighted by Gasteiger charge is -1.90. The minimum Gasteiger partial charge on any atom is -0.284 e. The molecule has 3 nitrogen and oxygen atoms in total. The average Bonchev–Trinajstić information content (AvgIpc) is 2.09. The molecule has 1 heterocycles. The van der Waals surface area contributed by atoms with Gasteiger partial charge in [-0.3, -0.25) is 4.68 Å². The first-order valence-corrected chi connectivity index (χ1v) is 3.04. The quantitative estimate of drug-likeness (QED) is 0.495. The molecule has 1 aromatic rings. The van der Waals surface area contributed by atoms with Crippen LogP contribution in [-0.4, -0.2) is 9.78 Å². The Bertz CT molecular complexity index is 291. The van der Waals surface area contributed by atoms with Crippen LogP contribution >= 0.6 is 0 Å². The molecule has 0 radical (unpaired) electrons. The molecule has 1 aromatic heterocycles. The maximum Gasteiger partial charge on any atom is 0.229 e. The van der Waals surface area contributed by atoms with E-state index in [-0.39, 0.29) is 0 Å². The number of hydrogen-bond donors (Lipinski definition) is 0. The van der Waals surface area contributed by atoms with Crippen molar-refractivity contribution in [3.8, 4) is 0 Å². The molecule has 1 rings (SSSR count). The van der Waals surface area contributed by atoms with E-state index in [9.17, 15) is 0 Å². The van der Waals surface area contributed by atoms with E-state index >= 15 is 0 Å². The fourth-order valence-corrected chi connectivity index (χ4v) is 0.924. The van der Waals surface area contributed by atoms with E-state index in [1.54, 1.807) is 4.68 Å². The molecular formula is C7H9N3. The summed E-state index contributed by atoms with van der Waals surface area (Å²) < 4.78 is 1.72. The second-order valence-electron chi connectivity index (χ2n) is 2.25. The molecule has 0 bridgehead atoms. The van der Waals surface area contributed by atoms with Crippen LogP contribution in [0.15, 0.2) is 0 Å². The van der Waals surface area contributed by atoms with E-state index in [0.717, 1.165) is 11.4 Å². The fourth-order valence-electron chi connectivity index (χ4n) is 0.924. The molecule has 0 N–H and O–H groups in total. The summed E-state index contributed by atoms with van der Waals surface area (Å²) in [4.78, 5) is 3.36. The molecule has 0 spiro atoms. The lowest BCUT2D eigenvalue weighted by atomic mass is 10.3. The van der Waals surface area contributed by atoms with Gasteiger partial charge in [0, 0.05) is 12.7 Å². The Morgan fingerprint density at radius 1 is 1.50 bits per heavy atom. The maximum absolute atomic E-state index is 6.81. The molecule has 0 aliphatic heterocycles. The van der Waals surface area contributed by atoms with Gasteiger partial charge >= 0.3 is 0 Å². The molecule has 0 amide bonds. The van der Waals surface area contributed by atoms with Gasteiger partial charge in [0.05, 0.1) is 12.3 Å². The van der Waals surface area contributed by atoms with Crippen LogP contribution in [0.3, 0.4) is 0 Å². The van der Waals surface area contributed by atoms with E-state index in [0.29, 0.717) is 5.69 Å². The zero-order valence-corrected chi connectivity index (χ0v) is 6.34. The summed E-state index contributed by atoms with van der Waals surface area (Å²) in [5.74, 6) is 0. The monoisotopic (exact) mass is 135 g/mol. The van der Waals surface area contributed by atoms with E-state index in [2.05, 4.69) is 9.94 Å². The predicted molar refractivity (Wildman–Crippen MR) is 38.9 cm³/mol. The maximum atomic E-state index is 6.81. The molecule has 0 saturated heterocycles. The van der Waals surface area contributed by atoms with Gasteiger partial charge in [0.15, 0.2) is 0 Å². The minimum absolute atomic E-state index is 0.683. The Morgan fingerprint density at radius 3 is 2.30 bits per heavy atom. The van der Waals surface area contributed by atoms with E-state index in [1.165, 1.54) is 0 Å². The number of nitrogens with zero attached hydrogens (tertiary/aromatic N) is 3. The largest absolute Gasteiger partial charge is 0.284 e. The predicted octanol–water partition coefficient (Wildman–Crippen LogP) is 1.59. The first-order valence-electron chi connectivity index (χ1n) is 3.04. The average molecular weight is 135 g/mol. The van der Waals surface area contributed by atoms with Crippen molar-refractivity contribution in [1.29, 1.82) is 0 Å². The van der Waals surface area contributed by atoms with Crippen LogP contribution < -0.4 is 0 Å². The number of rotatable bonds is 0. The van der Waals surface area contributed by atoms with Crippen molar-refractivity contribution in [3.05, 3.63) is 22.8 Å². The van der Waals surface area contributed by atoms with Gasteiger partial charge in [0.2, 0.25) is 5.69 Å². The standard InChI is InChI=1S/C7H9N3/c1-5-7(8-3)6(2)10(4)9-5/h1-2,4H3. The molecular weight excluding hydrogens is 126 g/mol. The summed E-state index contributed by atoms with van der Waals surface area (Å²) >= 11 is 0. The van der Waals surface area contributed by atoms with Gasteiger partial charge in [0.25, 0.3) is 0 Å². The van der Waals surface area contributed by atoms with Gasteiger partial charge in [-0.25, -0.2) is 4.85 Å². The Morgan fingerprint density at radius 2 is 2.10 bits per heavy atom. The SMILES string of the molecule is [C-]#[N+]c1c(C)nn(C)c1C. The van der Waals surface area contributed by atoms with Crippen LogP contribution in [0.2, 0.25) is 0 Å². The summed E-state index contributed by atoms with van der Waals surface area (Å²) in [6, 6.07) is 0. The van der Waals surface area contributed by atoms with Gasteiger partial charge in [-0.05, 0) is 13.8 Å². The zero-order chi connectivity index (χ0) is 7.72.